The molecule has 0 amide bonds. The van der Waals surface area contributed by atoms with E-state index >= 15 is 0 Å². The number of ketones is 2. The lowest BCUT2D eigenvalue weighted by Gasteiger charge is -2.48. The van der Waals surface area contributed by atoms with Gasteiger partial charge in [0.25, 0.3) is 0 Å². The van der Waals surface area contributed by atoms with E-state index in [4.69, 9.17) is 18.9 Å². The molecule has 0 saturated carbocycles. The molecule has 0 radical (unpaired) electrons. The first-order valence-electron chi connectivity index (χ1n) is 12.0. The highest BCUT2D eigenvalue weighted by Gasteiger charge is 2.47. The van der Waals surface area contributed by atoms with Gasteiger partial charge in [-0.25, -0.2) is 0 Å². The van der Waals surface area contributed by atoms with Crippen LogP contribution in [0.5, 0.6) is 0 Å². The standard InChI is InChI=1S/C24H38O6/c1-13-5-7-19(23-15(3)17(25)9-11-27-23)29-21(13)22-14(2)6-8-20(30-22)24-16(4)18(26)10-12-28-24/h13-16,19-24H,5-12H2,1-4H3/t13-,14-,15-,16-,19+,20+,21-,22-,23+,24+/m0/s1. The Labute approximate surface area is 180 Å². The van der Waals surface area contributed by atoms with Crippen LogP contribution >= 0.6 is 0 Å². The number of rotatable bonds is 3. The van der Waals surface area contributed by atoms with Crippen LogP contribution in [0, 0.1) is 23.7 Å². The SMILES string of the molecule is C[C@H]1CC[C@H]([C@@H]2OCCC(=O)[C@@H]2C)O[C@@H]1[C@H]1O[C@@H]([C@@H]2OCCC(=O)[C@@H]2C)CC[C@@H]1C. The molecule has 10 atom stereocenters. The maximum atomic E-state index is 12.2. The molecule has 4 fully saturated rings. The summed E-state index contributed by atoms with van der Waals surface area (Å²) < 4.78 is 25.3. The van der Waals surface area contributed by atoms with E-state index in [0.717, 1.165) is 25.7 Å². The van der Waals surface area contributed by atoms with Gasteiger partial charge >= 0.3 is 0 Å². The van der Waals surface area contributed by atoms with Gasteiger partial charge in [-0.15, -0.1) is 0 Å². The molecule has 170 valence electrons. The second-order valence-corrected chi connectivity index (χ2v) is 10.1. The topological polar surface area (TPSA) is 71.1 Å². The number of hydrogen-bond acceptors (Lipinski definition) is 6. The molecular formula is C24H38O6. The van der Waals surface area contributed by atoms with Crippen molar-refractivity contribution >= 4 is 11.6 Å². The highest BCUT2D eigenvalue weighted by Crippen LogP contribution is 2.40. The average molecular weight is 423 g/mol. The van der Waals surface area contributed by atoms with E-state index in [1.165, 1.54) is 0 Å². The maximum Gasteiger partial charge on any atom is 0.140 e. The van der Waals surface area contributed by atoms with Gasteiger partial charge in [-0.2, -0.15) is 0 Å². The molecule has 6 heteroatoms. The van der Waals surface area contributed by atoms with Crippen molar-refractivity contribution in [3.63, 3.8) is 0 Å². The van der Waals surface area contributed by atoms with Gasteiger partial charge in [0, 0.05) is 24.7 Å². The van der Waals surface area contributed by atoms with E-state index in [0.29, 0.717) is 37.9 Å². The molecular weight excluding hydrogens is 384 g/mol. The smallest absolute Gasteiger partial charge is 0.140 e. The lowest BCUT2D eigenvalue weighted by molar-refractivity contribution is -0.237. The summed E-state index contributed by atoms with van der Waals surface area (Å²) in [5.74, 6) is 1.10. The molecule has 0 N–H and O–H groups in total. The van der Waals surface area contributed by atoms with Crippen LogP contribution in [-0.4, -0.2) is 61.4 Å². The van der Waals surface area contributed by atoms with Crippen LogP contribution in [0.3, 0.4) is 0 Å². The van der Waals surface area contributed by atoms with Crippen molar-refractivity contribution < 1.29 is 28.5 Å². The normalized spacial score (nSPS) is 48.5. The van der Waals surface area contributed by atoms with Gasteiger partial charge in [0.2, 0.25) is 0 Å². The van der Waals surface area contributed by atoms with Gasteiger partial charge in [-0.3, -0.25) is 9.59 Å². The van der Waals surface area contributed by atoms with Gasteiger partial charge in [-0.05, 0) is 37.5 Å². The van der Waals surface area contributed by atoms with Gasteiger partial charge in [0.15, 0.2) is 0 Å². The molecule has 0 aromatic carbocycles. The van der Waals surface area contributed by atoms with Crippen LogP contribution in [-0.2, 0) is 28.5 Å². The minimum absolute atomic E-state index is 0.0241. The van der Waals surface area contributed by atoms with Crippen molar-refractivity contribution in [1.29, 1.82) is 0 Å². The van der Waals surface area contributed by atoms with Crippen molar-refractivity contribution in [2.45, 2.75) is 103 Å². The second kappa shape index (κ2) is 9.35. The second-order valence-electron chi connectivity index (χ2n) is 10.1. The number of ether oxygens (including phenoxy) is 4. The fourth-order valence-electron chi connectivity index (χ4n) is 5.84. The number of carbonyl (C=O) groups excluding carboxylic acids is 2. The van der Waals surface area contributed by atoms with Crippen LogP contribution in [0.15, 0.2) is 0 Å². The molecule has 0 bridgehead atoms. The summed E-state index contributed by atoms with van der Waals surface area (Å²) >= 11 is 0. The first-order valence-corrected chi connectivity index (χ1v) is 12.0. The fraction of sp³-hybridized carbons (Fsp3) is 0.917. The Hall–Kier alpha value is -0.820. The average Bonchev–Trinajstić information content (AvgIpc) is 2.73. The molecule has 30 heavy (non-hydrogen) atoms. The molecule has 4 saturated heterocycles. The fourth-order valence-corrected chi connectivity index (χ4v) is 5.84. The Morgan fingerprint density at radius 1 is 0.600 bits per heavy atom. The summed E-state index contributed by atoms with van der Waals surface area (Å²) in [6.45, 7) is 9.41. The Balaban J connectivity index is 1.46. The van der Waals surface area contributed by atoms with E-state index in [9.17, 15) is 9.59 Å². The number of Topliss-reactive ketones (excluding diaryl/α,β-unsaturated/α-hetero) is 2. The van der Waals surface area contributed by atoms with Crippen molar-refractivity contribution in [3.8, 4) is 0 Å². The lowest BCUT2D eigenvalue weighted by atomic mass is 9.79. The van der Waals surface area contributed by atoms with Gasteiger partial charge in [0.05, 0.1) is 49.8 Å². The molecule has 0 aromatic rings. The van der Waals surface area contributed by atoms with Crippen LogP contribution < -0.4 is 0 Å². The van der Waals surface area contributed by atoms with Crippen LogP contribution in [0.1, 0.15) is 66.2 Å². The third-order valence-corrected chi connectivity index (χ3v) is 7.97. The Kier molecular flexibility index (Phi) is 6.98. The van der Waals surface area contributed by atoms with Gasteiger partial charge in [-0.1, -0.05) is 27.7 Å². The first-order chi connectivity index (χ1) is 14.4. The maximum absolute atomic E-state index is 12.2. The molecule has 6 nitrogen and oxygen atoms in total. The zero-order valence-electron chi connectivity index (χ0n) is 18.9. The van der Waals surface area contributed by atoms with Gasteiger partial charge < -0.3 is 18.9 Å². The molecule has 0 aliphatic carbocycles. The molecule has 4 rings (SSSR count). The van der Waals surface area contributed by atoms with E-state index < -0.39 is 0 Å². The predicted molar refractivity (Wildman–Crippen MR) is 111 cm³/mol. The zero-order chi connectivity index (χ0) is 21.4. The summed E-state index contributed by atoms with van der Waals surface area (Å²) in [6, 6.07) is 0. The van der Waals surface area contributed by atoms with Gasteiger partial charge in [0.1, 0.15) is 11.6 Å². The summed E-state index contributed by atoms with van der Waals surface area (Å²) in [5, 5.41) is 0. The Morgan fingerprint density at radius 3 is 1.40 bits per heavy atom. The van der Waals surface area contributed by atoms with Crippen molar-refractivity contribution in [1.82, 2.24) is 0 Å². The highest BCUT2D eigenvalue weighted by atomic mass is 16.6. The zero-order valence-corrected chi connectivity index (χ0v) is 18.9. The van der Waals surface area contributed by atoms with E-state index in [1.54, 1.807) is 0 Å². The van der Waals surface area contributed by atoms with E-state index in [1.807, 2.05) is 13.8 Å². The quantitative estimate of drug-likeness (QED) is 0.695. The summed E-state index contributed by atoms with van der Waals surface area (Å²) in [6.07, 6.45) is 4.45. The third kappa shape index (κ3) is 4.38. The van der Waals surface area contributed by atoms with E-state index in [-0.39, 0.29) is 60.0 Å². The highest BCUT2D eigenvalue weighted by molar-refractivity contribution is 5.82. The first kappa shape index (κ1) is 22.4. The molecule has 4 aliphatic heterocycles. The monoisotopic (exact) mass is 422 g/mol. The molecule has 0 spiro atoms. The minimum Gasteiger partial charge on any atom is -0.374 e. The number of carbonyl (C=O) groups is 2. The summed E-state index contributed by atoms with van der Waals surface area (Å²) in [4.78, 5) is 24.4. The van der Waals surface area contributed by atoms with Crippen LogP contribution in [0.25, 0.3) is 0 Å². The van der Waals surface area contributed by atoms with E-state index in [2.05, 4.69) is 13.8 Å². The summed E-state index contributed by atoms with van der Waals surface area (Å²) in [7, 11) is 0. The van der Waals surface area contributed by atoms with Crippen LogP contribution in [0.2, 0.25) is 0 Å². The largest absolute Gasteiger partial charge is 0.374 e. The van der Waals surface area contributed by atoms with Crippen molar-refractivity contribution in [2.24, 2.45) is 23.7 Å². The van der Waals surface area contributed by atoms with Crippen molar-refractivity contribution in [2.75, 3.05) is 13.2 Å². The predicted octanol–water partition coefficient (Wildman–Crippen LogP) is 3.34. The van der Waals surface area contributed by atoms with Crippen LogP contribution in [0.4, 0.5) is 0 Å². The molecule has 4 aliphatic rings. The third-order valence-electron chi connectivity index (χ3n) is 7.97. The Morgan fingerprint density at radius 2 is 1.00 bits per heavy atom. The number of hydrogen-bond donors (Lipinski definition) is 0. The molecule has 4 heterocycles. The Bertz CT molecular complexity index is 581. The minimum atomic E-state index is -0.157. The lowest BCUT2D eigenvalue weighted by Crippen LogP contribution is -2.56. The summed E-state index contributed by atoms with van der Waals surface area (Å²) in [5.41, 5.74) is 0. The molecule has 0 unspecified atom stereocenters. The van der Waals surface area contributed by atoms with Crippen molar-refractivity contribution in [3.05, 3.63) is 0 Å². The molecule has 0 aromatic heterocycles.